The van der Waals surface area contributed by atoms with Gasteiger partial charge < -0.3 is 9.45 Å². The van der Waals surface area contributed by atoms with Crippen molar-refractivity contribution in [2.45, 2.75) is 6.92 Å². The van der Waals surface area contributed by atoms with E-state index in [0.717, 1.165) is 39.3 Å². The molecule has 0 bridgehead atoms. The molecule has 1 aliphatic rings. The Morgan fingerprint density at radius 1 is 1.23 bits per heavy atom. The lowest BCUT2D eigenvalue weighted by Crippen LogP contribution is -2.47. The molecule has 1 unspecified atom stereocenters. The molecule has 1 fully saturated rings. The molecule has 0 aromatic rings. The lowest BCUT2D eigenvalue weighted by Gasteiger charge is -2.33. The molecule has 1 aliphatic heterocycles. The Labute approximate surface area is 82.2 Å². The zero-order valence-electron chi connectivity index (χ0n) is 8.11. The summed E-state index contributed by atoms with van der Waals surface area (Å²) in [5.74, 6) is 0.381. The van der Waals surface area contributed by atoms with Gasteiger partial charge in [-0.25, -0.2) is 4.21 Å². The van der Waals surface area contributed by atoms with Gasteiger partial charge in [-0.15, -0.1) is 0 Å². The molecule has 1 N–H and O–H groups in total. The van der Waals surface area contributed by atoms with Crippen LogP contribution in [0.3, 0.4) is 0 Å². The van der Waals surface area contributed by atoms with Gasteiger partial charge in [0.25, 0.3) is 0 Å². The molecule has 0 radical (unpaired) electrons. The van der Waals surface area contributed by atoms with Crippen LogP contribution in [0.5, 0.6) is 0 Å². The lowest BCUT2D eigenvalue weighted by atomic mass is 10.3. The molecule has 4 nitrogen and oxygen atoms in total. The van der Waals surface area contributed by atoms with E-state index in [2.05, 4.69) is 16.7 Å². The Bertz CT molecular complexity index is 170. The van der Waals surface area contributed by atoms with Crippen molar-refractivity contribution in [2.75, 3.05) is 45.0 Å². The first-order chi connectivity index (χ1) is 6.22. The largest absolute Gasteiger partial charge is 0.306 e. The zero-order valence-corrected chi connectivity index (χ0v) is 8.92. The Morgan fingerprint density at radius 2 is 1.77 bits per heavy atom. The molecule has 0 amide bonds. The summed E-state index contributed by atoms with van der Waals surface area (Å²) in [6, 6.07) is 0. The van der Waals surface area contributed by atoms with E-state index < -0.39 is 11.1 Å². The van der Waals surface area contributed by atoms with Crippen molar-refractivity contribution in [3.63, 3.8) is 0 Å². The molecule has 0 aromatic heterocycles. The number of likely N-dealkylation sites (N-methyl/N-ethyl adjacent to an activating group) is 1. The third-order valence-corrected chi connectivity index (χ3v) is 3.03. The van der Waals surface area contributed by atoms with E-state index in [1.165, 1.54) is 0 Å². The molecule has 5 heteroatoms. The van der Waals surface area contributed by atoms with Crippen molar-refractivity contribution in [1.29, 1.82) is 0 Å². The minimum Gasteiger partial charge on any atom is -0.306 e. The minimum absolute atomic E-state index is 0.381. The van der Waals surface area contributed by atoms with Crippen molar-refractivity contribution in [3.8, 4) is 0 Å². The van der Waals surface area contributed by atoms with Crippen LogP contribution >= 0.6 is 0 Å². The average Bonchev–Trinajstić information content (AvgIpc) is 2.15. The summed E-state index contributed by atoms with van der Waals surface area (Å²) in [5, 5.41) is 0. The van der Waals surface area contributed by atoms with Crippen LogP contribution in [0, 0.1) is 0 Å². The van der Waals surface area contributed by atoms with E-state index in [9.17, 15) is 4.21 Å². The molecule has 13 heavy (non-hydrogen) atoms. The Hall–Kier alpha value is 0.0300. The highest BCUT2D eigenvalue weighted by molar-refractivity contribution is 7.79. The fourth-order valence-electron chi connectivity index (χ4n) is 1.54. The quantitative estimate of drug-likeness (QED) is 0.650. The monoisotopic (exact) mass is 206 g/mol. The molecule has 0 aromatic carbocycles. The Balaban J connectivity index is 2.14. The van der Waals surface area contributed by atoms with Crippen LogP contribution in [0.15, 0.2) is 0 Å². The number of piperazine rings is 1. The second-order valence-corrected chi connectivity index (χ2v) is 4.35. The van der Waals surface area contributed by atoms with Crippen LogP contribution in [-0.2, 0) is 11.1 Å². The van der Waals surface area contributed by atoms with Crippen molar-refractivity contribution >= 4 is 11.1 Å². The summed E-state index contributed by atoms with van der Waals surface area (Å²) in [7, 11) is 0. The zero-order chi connectivity index (χ0) is 9.68. The van der Waals surface area contributed by atoms with Crippen molar-refractivity contribution in [3.05, 3.63) is 0 Å². The smallest absolute Gasteiger partial charge is 0.154 e. The van der Waals surface area contributed by atoms with Gasteiger partial charge in [-0.05, 0) is 6.54 Å². The summed E-state index contributed by atoms with van der Waals surface area (Å²) in [4.78, 5) is 4.65. The molecule has 1 saturated heterocycles. The SMILES string of the molecule is CCN1CCN(CCS(=O)O)CC1. The van der Waals surface area contributed by atoms with Gasteiger partial charge in [0.1, 0.15) is 0 Å². The number of hydrogen-bond donors (Lipinski definition) is 1. The van der Waals surface area contributed by atoms with Crippen LogP contribution in [0.25, 0.3) is 0 Å². The third kappa shape index (κ3) is 4.17. The van der Waals surface area contributed by atoms with Gasteiger partial charge in [0, 0.05) is 32.7 Å². The normalized spacial score (nSPS) is 23.2. The lowest BCUT2D eigenvalue weighted by molar-refractivity contribution is 0.143. The van der Waals surface area contributed by atoms with E-state index in [1.54, 1.807) is 0 Å². The fraction of sp³-hybridized carbons (Fsp3) is 1.00. The molecule has 0 aliphatic carbocycles. The average molecular weight is 206 g/mol. The Kier molecular flexibility index (Phi) is 4.87. The van der Waals surface area contributed by atoms with Crippen LogP contribution < -0.4 is 0 Å². The van der Waals surface area contributed by atoms with Crippen molar-refractivity contribution in [2.24, 2.45) is 0 Å². The highest BCUT2D eigenvalue weighted by Gasteiger charge is 2.15. The van der Waals surface area contributed by atoms with Gasteiger partial charge >= 0.3 is 0 Å². The van der Waals surface area contributed by atoms with Gasteiger partial charge in [0.2, 0.25) is 0 Å². The highest BCUT2D eigenvalue weighted by atomic mass is 32.2. The summed E-state index contributed by atoms with van der Waals surface area (Å²) in [5.41, 5.74) is 0. The molecule has 78 valence electrons. The maximum Gasteiger partial charge on any atom is 0.154 e. The van der Waals surface area contributed by atoms with E-state index in [4.69, 9.17) is 4.55 Å². The van der Waals surface area contributed by atoms with Crippen molar-refractivity contribution in [1.82, 2.24) is 9.80 Å². The standard InChI is InChI=1S/C8H18N2O2S/c1-2-9-3-5-10(6-4-9)7-8-13(11)12/h2-8H2,1H3,(H,11,12). The maximum atomic E-state index is 10.4. The summed E-state index contributed by atoms with van der Waals surface area (Å²) < 4.78 is 19.1. The predicted molar refractivity (Wildman–Crippen MR) is 54.2 cm³/mol. The van der Waals surface area contributed by atoms with E-state index in [0.29, 0.717) is 5.75 Å². The van der Waals surface area contributed by atoms with E-state index in [1.807, 2.05) is 0 Å². The molecular formula is C8H18N2O2S. The molecule has 1 rings (SSSR count). The summed E-state index contributed by atoms with van der Waals surface area (Å²) in [6.07, 6.45) is 0. The molecule has 0 saturated carbocycles. The van der Waals surface area contributed by atoms with Gasteiger partial charge in [-0.1, -0.05) is 6.92 Å². The van der Waals surface area contributed by atoms with E-state index >= 15 is 0 Å². The van der Waals surface area contributed by atoms with Gasteiger partial charge in [0.05, 0.1) is 5.75 Å². The second-order valence-electron chi connectivity index (χ2n) is 3.30. The minimum atomic E-state index is -1.63. The maximum absolute atomic E-state index is 10.4. The van der Waals surface area contributed by atoms with Gasteiger partial charge in [0.15, 0.2) is 11.1 Å². The first-order valence-corrected chi connectivity index (χ1v) is 6.02. The molecular weight excluding hydrogens is 188 g/mol. The highest BCUT2D eigenvalue weighted by Crippen LogP contribution is 2.00. The molecule has 0 spiro atoms. The number of hydrogen-bond acceptors (Lipinski definition) is 3. The van der Waals surface area contributed by atoms with Crippen LogP contribution in [0.1, 0.15) is 6.92 Å². The molecule has 1 heterocycles. The van der Waals surface area contributed by atoms with Gasteiger partial charge in [-0.2, -0.15) is 0 Å². The van der Waals surface area contributed by atoms with E-state index in [-0.39, 0.29) is 0 Å². The topological polar surface area (TPSA) is 43.8 Å². The first-order valence-electron chi connectivity index (χ1n) is 4.74. The number of rotatable bonds is 4. The first kappa shape index (κ1) is 11.1. The summed E-state index contributed by atoms with van der Waals surface area (Å²) in [6.45, 7) is 8.28. The van der Waals surface area contributed by atoms with Crippen LogP contribution in [0.4, 0.5) is 0 Å². The number of nitrogens with zero attached hydrogens (tertiary/aromatic N) is 2. The van der Waals surface area contributed by atoms with Crippen LogP contribution in [-0.4, -0.2) is 63.6 Å². The Morgan fingerprint density at radius 3 is 2.23 bits per heavy atom. The van der Waals surface area contributed by atoms with Crippen molar-refractivity contribution < 1.29 is 8.76 Å². The second kappa shape index (κ2) is 5.70. The predicted octanol–water partition coefficient (Wildman–Crippen LogP) is -0.154. The molecule has 1 atom stereocenters. The van der Waals surface area contributed by atoms with Crippen LogP contribution in [0.2, 0.25) is 0 Å². The summed E-state index contributed by atoms with van der Waals surface area (Å²) >= 11 is -1.63. The third-order valence-electron chi connectivity index (χ3n) is 2.49. The van der Waals surface area contributed by atoms with Gasteiger partial charge in [-0.3, -0.25) is 4.90 Å². The fourth-order valence-corrected chi connectivity index (χ4v) is 1.95.